The Morgan fingerprint density at radius 3 is 2.62 bits per heavy atom. The second kappa shape index (κ2) is 8.64. The van der Waals surface area contributed by atoms with E-state index in [4.69, 9.17) is 20.8 Å². The van der Waals surface area contributed by atoms with Crippen LogP contribution in [0, 0.1) is 5.82 Å². The van der Waals surface area contributed by atoms with E-state index in [1.165, 1.54) is 47.3 Å². The van der Waals surface area contributed by atoms with Crippen LogP contribution < -0.4 is 10.9 Å². The predicted molar refractivity (Wildman–Crippen MR) is 115 cm³/mol. The van der Waals surface area contributed by atoms with Crippen LogP contribution in [0.3, 0.4) is 0 Å². The van der Waals surface area contributed by atoms with Crippen molar-refractivity contribution < 1.29 is 23.1 Å². The van der Waals surface area contributed by atoms with Crippen LogP contribution in [0.25, 0.3) is 16.7 Å². The van der Waals surface area contributed by atoms with E-state index >= 15 is 0 Å². The number of rotatable bonds is 5. The average molecular weight is 456 g/mol. The monoisotopic (exact) mass is 455 g/mol. The van der Waals surface area contributed by atoms with Crippen LogP contribution in [0.2, 0.25) is 5.02 Å². The van der Waals surface area contributed by atoms with E-state index in [2.05, 4.69) is 10.4 Å². The number of hydrogen-bond donors (Lipinski definition) is 1. The molecule has 4 aromatic rings. The van der Waals surface area contributed by atoms with E-state index in [1.807, 2.05) is 0 Å². The molecule has 0 spiro atoms. The van der Waals surface area contributed by atoms with Crippen molar-refractivity contribution in [2.75, 3.05) is 11.9 Å². The number of aromatic nitrogens is 2. The number of esters is 1. The zero-order valence-corrected chi connectivity index (χ0v) is 17.4. The van der Waals surface area contributed by atoms with Gasteiger partial charge in [-0.1, -0.05) is 11.6 Å². The van der Waals surface area contributed by atoms with Crippen molar-refractivity contribution in [3.05, 3.63) is 87.1 Å². The summed E-state index contributed by atoms with van der Waals surface area (Å²) in [5, 5.41) is 7.48. The smallest absolute Gasteiger partial charge is 0.349 e. The molecular weight excluding hydrogens is 441 g/mol. The highest BCUT2D eigenvalue weighted by Gasteiger charge is 2.24. The van der Waals surface area contributed by atoms with Crippen LogP contribution in [0.15, 0.2) is 63.9 Å². The van der Waals surface area contributed by atoms with Crippen molar-refractivity contribution in [3.63, 3.8) is 0 Å². The summed E-state index contributed by atoms with van der Waals surface area (Å²) >= 11 is 5.98. The molecule has 2 heterocycles. The SMILES string of the molecule is CCOC(=O)c1cnn(-c2ccc(F)cc2)c1NC(=O)c1cc2cc(Cl)ccc2oc1=O. The molecule has 8 nitrogen and oxygen atoms in total. The van der Waals surface area contributed by atoms with Crippen LogP contribution in [-0.2, 0) is 4.74 Å². The lowest BCUT2D eigenvalue weighted by Crippen LogP contribution is -2.23. The van der Waals surface area contributed by atoms with Crippen molar-refractivity contribution in [1.82, 2.24) is 9.78 Å². The molecule has 0 aliphatic heterocycles. The van der Waals surface area contributed by atoms with Gasteiger partial charge in [-0.2, -0.15) is 5.10 Å². The molecule has 0 radical (unpaired) electrons. The molecule has 1 N–H and O–H groups in total. The minimum atomic E-state index is -0.872. The van der Waals surface area contributed by atoms with Gasteiger partial charge in [-0.15, -0.1) is 0 Å². The number of benzene rings is 2. The molecule has 2 aromatic carbocycles. The van der Waals surface area contributed by atoms with Crippen LogP contribution in [0.5, 0.6) is 0 Å². The van der Waals surface area contributed by atoms with Gasteiger partial charge in [0.2, 0.25) is 0 Å². The summed E-state index contributed by atoms with van der Waals surface area (Å²) in [6.45, 7) is 1.73. The molecule has 0 aliphatic rings. The van der Waals surface area contributed by atoms with E-state index in [0.29, 0.717) is 16.1 Å². The summed E-state index contributed by atoms with van der Waals surface area (Å²) in [5.41, 5.74) is -0.587. The van der Waals surface area contributed by atoms with Gasteiger partial charge in [-0.25, -0.2) is 18.7 Å². The third-order valence-corrected chi connectivity index (χ3v) is 4.74. The maximum absolute atomic E-state index is 13.3. The van der Waals surface area contributed by atoms with Crippen molar-refractivity contribution in [3.8, 4) is 5.69 Å². The zero-order valence-electron chi connectivity index (χ0n) is 16.6. The number of fused-ring (bicyclic) bond motifs is 1. The Hall–Kier alpha value is -3.98. The molecule has 0 bridgehead atoms. The average Bonchev–Trinajstić information content (AvgIpc) is 3.17. The zero-order chi connectivity index (χ0) is 22.8. The number of amides is 1. The molecular formula is C22H15ClFN3O5. The summed E-state index contributed by atoms with van der Waals surface area (Å²) in [4.78, 5) is 37.7. The maximum atomic E-state index is 13.3. The minimum Gasteiger partial charge on any atom is -0.462 e. The number of halogens is 2. The van der Waals surface area contributed by atoms with Gasteiger partial charge in [0.25, 0.3) is 5.91 Å². The molecule has 2 aromatic heterocycles. The first kappa shape index (κ1) is 21.3. The predicted octanol–water partition coefficient (Wildman–Crippen LogP) is 4.20. The summed E-state index contributed by atoms with van der Waals surface area (Å²) in [6, 6.07) is 11.2. The number of anilines is 1. The fraction of sp³-hybridized carbons (Fsp3) is 0.0909. The third kappa shape index (κ3) is 4.10. The number of nitrogens with zero attached hydrogens (tertiary/aromatic N) is 2. The maximum Gasteiger partial charge on any atom is 0.349 e. The fourth-order valence-electron chi connectivity index (χ4n) is 3.03. The first-order chi connectivity index (χ1) is 15.4. The molecule has 0 saturated heterocycles. The van der Waals surface area contributed by atoms with Crippen LogP contribution >= 0.6 is 11.6 Å². The highest BCUT2D eigenvalue weighted by molar-refractivity contribution is 6.31. The van der Waals surface area contributed by atoms with Gasteiger partial charge in [0.05, 0.1) is 18.5 Å². The van der Waals surface area contributed by atoms with Gasteiger partial charge < -0.3 is 14.5 Å². The largest absolute Gasteiger partial charge is 0.462 e. The summed E-state index contributed by atoms with van der Waals surface area (Å²) in [6.07, 6.45) is 1.21. The Kier molecular flexibility index (Phi) is 5.74. The summed E-state index contributed by atoms with van der Waals surface area (Å²) < 4.78 is 24.8. The fourth-order valence-corrected chi connectivity index (χ4v) is 3.21. The van der Waals surface area contributed by atoms with Gasteiger partial charge in [0, 0.05) is 10.4 Å². The van der Waals surface area contributed by atoms with Crippen molar-refractivity contribution in [1.29, 1.82) is 0 Å². The Morgan fingerprint density at radius 2 is 1.91 bits per heavy atom. The Labute approximate surface area is 185 Å². The molecule has 0 saturated carbocycles. The van der Waals surface area contributed by atoms with E-state index in [1.54, 1.807) is 19.1 Å². The van der Waals surface area contributed by atoms with Crippen molar-refractivity contribution >= 4 is 40.3 Å². The third-order valence-electron chi connectivity index (χ3n) is 4.51. The molecule has 1 amide bonds. The standard InChI is InChI=1S/C22H15ClFN3O5/c1-2-31-21(29)17-11-25-27(15-6-4-14(24)5-7-15)19(17)26-20(28)16-10-12-9-13(23)3-8-18(12)32-22(16)30/h3-11H,2H2,1H3,(H,26,28). The lowest BCUT2D eigenvalue weighted by Gasteiger charge is -2.11. The molecule has 0 aliphatic carbocycles. The normalized spacial score (nSPS) is 10.8. The van der Waals surface area contributed by atoms with Gasteiger partial charge in [0.15, 0.2) is 5.82 Å². The van der Waals surface area contributed by atoms with E-state index in [0.717, 1.165) is 0 Å². The molecule has 162 valence electrons. The first-order valence-corrected chi connectivity index (χ1v) is 9.81. The van der Waals surface area contributed by atoms with Gasteiger partial charge >= 0.3 is 11.6 Å². The molecule has 10 heteroatoms. The number of hydrogen-bond acceptors (Lipinski definition) is 6. The van der Waals surface area contributed by atoms with E-state index in [-0.39, 0.29) is 29.1 Å². The lowest BCUT2D eigenvalue weighted by atomic mass is 10.1. The number of nitrogens with one attached hydrogen (secondary N) is 1. The summed E-state index contributed by atoms with van der Waals surface area (Å²) in [7, 11) is 0. The molecule has 0 atom stereocenters. The van der Waals surface area contributed by atoms with Crippen LogP contribution in [0.4, 0.5) is 10.2 Å². The van der Waals surface area contributed by atoms with Gasteiger partial charge in [-0.3, -0.25) is 4.79 Å². The number of carbonyl (C=O) groups excluding carboxylic acids is 2. The quantitative estimate of drug-likeness (QED) is 0.357. The Morgan fingerprint density at radius 1 is 1.16 bits per heavy atom. The number of carbonyl (C=O) groups is 2. The van der Waals surface area contributed by atoms with Crippen molar-refractivity contribution in [2.24, 2.45) is 0 Å². The van der Waals surface area contributed by atoms with Gasteiger partial charge in [0.1, 0.15) is 22.5 Å². The van der Waals surface area contributed by atoms with Crippen molar-refractivity contribution in [2.45, 2.75) is 6.92 Å². The highest BCUT2D eigenvalue weighted by Crippen LogP contribution is 2.23. The first-order valence-electron chi connectivity index (χ1n) is 9.43. The Balaban J connectivity index is 1.78. The van der Waals surface area contributed by atoms with Crippen LogP contribution in [0.1, 0.15) is 27.6 Å². The minimum absolute atomic E-state index is 0.0438. The highest BCUT2D eigenvalue weighted by atomic mass is 35.5. The molecule has 0 unspecified atom stereocenters. The molecule has 4 rings (SSSR count). The van der Waals surface area contributed by atoms with E-state index < -0.39 is 23.3 Å². The van der Waals surface area contributed by atoms with E-state index in [9.17, 15) is 18.8 Å². The topological polar surface area (TPSA) is 103 Å². The second-order valence-corrected chi connectivity index (χ2v) is 7.04. The summed E-state index contributed by atoms with van der Waals surface area (Å²) in [5.74, 6) is -2.08. The van der Waals surface area contributed by atoms with Gasteiger partial charge in [-0.05, 0) is 55.5 Å². The molecule has 0 fully saturated rings. The Bertz CT molecular complexity index is 1400. The number of ether oxygens (including phenoxy) is 1. The lowest BCUT2D eigenvalue weighted by molar-refractivity contribution is 0.0527. The molecule has 32 heavy (non-hydrogen) atoms. The van der Waals surface area contributed by atoms with Crippen LogP contribution in [-0.4, -0.2) is 28.3 Å². The second-order valence-electron chi connectivity index (χ2n) is 6.60.